The smallest absolute Gasteiger partial charge is 0.0205 e. The van der Waals surface area contributed by atoms with Gasteiger partial charge in [-0.15, -0.1) is 0 Å². The van der Waals surface area contributed by atoms with E-state index in [1.54, 1.807) is 5.57 Å². The van der Waals surface area contributed by atoms with Gasteiger partial charge in [-0.1, -0.05) is 83.0 Å². The maximum atomic E-state index is 2.94. The summed E-state index contributed by atoms with van der Waals surface area (Å²) in [5, 5.41) is 0. The predicted octanol–water partition coefficient (Wildman–Crippen LogP) is 5.76. The first kappa shape index (κ1) is 17.4. The number of hydrogen-bond acceptors (Lipinski definition) is 1. The van der Waals surface area contributed by atoms with Crippen molar-refractivity contribution in [1.29, 1.82) is 0 Å². The molecule has 2 aromatic carbocycles. The van der Waals surface area contributed by atoms with Crippen molar-refractivity contribution in [3.05, 3.63) is 77.4 Å². The summed E-state index contributed by atoms with van der Waals surface area (Å²) in [5.41, 5.74) is 5.83. The number of nitrogens with zero attached hydrogens (tertiary/aromatic N) is 1. The number of benzene rings is 2. The Morgan fingerprint density at radius 1 is 0.875 bits per heavy atom. The molecule has 2 aliphatic heterocycles. The van der Waals surface area contributed by atoms with Crippen molar-refractivity contribution in [3.63, 3.8) is 0 Å². The van der Waals surface area contributed by atoms with E-state index in [1.807, 2.05) is 5.83 Å². The lowest BCUT2D eigenvalue weighted by Gasteiger charge is -2.28. The lowest BCUT2D eigenvalue weighted by molar-refractivity contribution is 0.199. The Morgan fingerprint density at radius 2 is 1.46 bits per heavy atom. The second kappa shape index (κ2) is 8.64. The second-order valence-corrected chi connectivity index (χ2v) is 6.53. The number of alkyl halides is 1. The molecule has 2 heteroatoms. The average molecular weight is 384 g/mol. The SMILES string of the molecule is CBr.c1ccc(C(=C2CC3CCCCN3C2)c2ccccc2)cc1. The highest BCUT2D eigenvalue weighted by Gasteiger charge is 2.31. The summed E-state index contributed by atoms with van der Waals surface area (Å²) >= 11 is 2.94. The standard InChI is InChI=1S/C21H23N.CH3Br/c1-3-9-17(10-4-1)21(18-11-5-2-6-12-18)19-15-20-13-7-8-14-22(20)16-19;1-2/h1-6,9-12,20H,7-8,13-16H2;1H3. The van der Waals surface area contributed by atoms with Crippen molar-refractivity contribution in [3.8, 4) is 0 Å². The molecule has 0 N–H and O–H groups in total. The molecule has 0 bridgehead atoms. The number of halogens is 1. The summed E-state index contributed by atoms with van der Waals surface area (Å²) in [5.74, 6) is 1.81. The van der Waals surface area contributed by atoms with Crippen LogP contribution < -0.4 is 0 Å². The van der Waals surface area contributed by atoms with Crippen LogP contribution >= 0.6 is 15.9 Å². The Bertz CT molecular complexity index is 605. The van der Waals surface area contributed by atoms with E-state index in [0.717, 1.165) is 12.6 Å². The predicted molar refractivity (Wildman–Crippen MR) is 108 cm³/mol. The van der Waals surface area contributed by atoms with Crippen LogP contribution in [0.25, 0.3) is 5.57 Å². The zero-order valence-electron chi connectivity index (χ0n) is 14.4. The summed E-state index contributed by atoms with van der Waals surface area (Å²) in [7, 11) is 0. The summed E-state index contributed by atoms with van der Waals surface area (Å²) < 4.78 is 0. The third kappa shape index (κ3) is 3.81. The van der Waals surface area contributed by atoms with Gasteiger partial charge in [-0.25, -0.2) is 0 Å². The fraction of sp³-hybridized carbons (Fsp3) is 0.364. The normalized spacial score (nSPS) is 20.1. The summed E-state index contributed by atoms with van der Waals surface area (Å²) in [6, 6.07) is 22.6. The molecule has 1 unspecified atom stereocenters. The Kier molecular flexibility index (Phi) is 6.28. The summed E-state index contributed by atoms with van der Waals surface area (Å²) in [6.45, 7) is 2.44. The first-order valence-corrected chi connectivity index (χ1v) is 10.4. The molecule has 0 amide bonds. The van der Waals surface area contributed by atoms with Crippen LogP contribution in [0.4, 0.5) is 0 Å². The highest BCUT2D eigenvalue weighted by atomic mass is 79.9. The Labute approximate surface area is 154 Å². The van der Waals surface area contributed by atoms with Crippen molar-refractivity contribution in [1.82, 2.24) is 4.90 Å². The molecule has 0 aliphatic carbocycles. The van der Waals surface area contributed by atoms with Crippen LogP contribution in [0.5, 0.6) is 0 Å². The largest absolute Gasteiger partial charge is 0.296 e. The van der Waals surface area contributed by atoms with Gasteiger partial charge in [0.2, 0.25) is 0 Å². The molecular formula is C22H26BrN. The van der Waals surface area contributed by atoms with Gasteiger partial charge in [0.15, 0.2) is 0 Å². The number of fused-ring (bicyclic) bond motifs is 1. The average Bonchev–Trinajstić information content (AvgIpc) is 3.09. The lowest BCUT2D eigenvalue weighted by Crippen LogP contribution is -2.33. The van der Waals surface area contributed by atoms with Crippen molar-refractivity contribution in [2.45, 2.75) is 31.7 Å². The van der Waals surface area contributed by atoms with Gasteiger partial charge in [0.25, 0.3) is 0 Å². The molecule has 0 aromatic heterocycles. The van der Waals surface area contributed by atoms with Gasteiger partial charge in [-0.05, 0) is 53.9 Å². The molecule has 0 saturated carbocycles. The van der Waals surface area contributed by atoms with Crippen LogP contribution in [-0.4, -0.2) is 29.9 Å². The molecular weight excluding hydrogens is 358 g/mol. The van der Waals surface area contributed by atoms with E-state index in [4.69, 9.17) is 0 Å². The van der Waals surface area contributed by atoms with E-state index < -0.39 is 0 Å². The van der Waals surface area contributed by atoms with E-state index in [2.05, 4.69) is 81.5 Å². The third-order valence-corrected chi connectivity index (χ3v) is 5.10. The highest BCUT2D eigenvalue weighted by molar-refractivity contribution is 9.08. The van der Waals surface area contributed by atoms with Crippen molar-refractivity contribution < 1.29 is 0 Å². The van der Waals surface area contributed by atoms with Gasteiger partial charge in [-0.3, -0.25) is 4.90 Å². The number of hydrogen-bond donors (Lipinski definition) is 0. The quantitative estimate of drug-likeness (QED) is 0.595. The maximum Gasteiger partial charge on any atom is 0.0205 e. The Morgan fingerprint density at radius 3 is 2.00 bits per heavy atom. The second-order valence-electron chi connectivity index (χ2n) is 6.53. The summed E-state index contributed by atoms with van der Waals surface area (Å²) in [4.78, 5) is 2.70. The molecule has 2 saturated heterocycles. The van der Waals surface area contributed by atoms with Gasteiger partial charge >= 0.3 is 0 Å². The molecule has 126 valence electrons. The minimum absolute atomic E-state index is 0.783. The Hall–Kier alpha value is -1.38. The van der Waals surface area contributed by atoms with E-state index in [9.17, 15) is 0 Å². The first-order valence-electron chi connectivity index (χ1n) is 8.86. The highest BCUT2D eigenvalue weighted by Crippen LogP contribution is 2.37. The van der Waals surface area contributed by atoms with Gasteiger partial charge < -0.3 is 0 Å². The van der Waals surface area contributed by atoms with Crippen LogP contribution in [-0.2, 0) is 0 Å². The molecule has 2 fully saturated rings. The minimum Gasteiger partial charge on any atom is -0.296 e. The van der Waals surface area contributed by atoms with Gasteiger partial charge in [-0.2, -0.15) is 0 Å². The third-order valence-electron chi connectivity index (χ3n) is 5.10. The molecule has 24 heavy (non-hydrogen) atoms. The van der Waals surface area contributed by atoms with Crippen LogP contribution in [0.2, 0.25) is 0 Å². The molecule has 1 atom stereocenters. The van der Waals surface area contributed by atoms with E-state index in [1.165, 1.54) is 48.9 Å². The summed E-state index contributed by atoms with van der Waals surface area (Å²) in [6.07, 6.45) is 5.40. The first-order chi connectivity index (χ1) is 11.9. The molecule has 2 heterocycles. The van der Waals surface area contributed by atoms with Crippen LogP contribution in [0.1, 0.15) is 36.8 Å². The lowest BCUT2D eigenvalue weighted by atomic mass is 9.91. The molecule has 2 aromatic rings. The van der Waals surface area contributed by atoms with Crippen molar-refractivity contribution >= 4 is 21.5 Å². The van der Waals surface area contributed by atoms with E-state index in [0.29, 0.717) is 0 Å². The number of rotatable bonds is 2. The topological polar surface area (TPSA) is 3.24 Å². The van der Waals surface area contributed by atoms with Gasteiger partial charge in [0.05, 0.1) is 0 Å². The van der Waals surface area contributed by atoms with Crippen molar-refractivity contribution in [2.24, 2.45) is 0 Å². The fourth-order valence-electron chi connectivity index (χ4n) is 4.06. The van der Waals surface area contributed by atoms with Gasteiger partial charge in [0, 0.05) is 12.6 Å². The minimum atomic E-state index is 0.783. The molecule has 2 aliphatic rings. The molecule has 0 spiro atoms. The van der Waals surface area contributed by atoms with Crippen molar-refractivity contribution in [2.75, 3.05) is 18.9 Å². The number of piperidine rings is 1. The van der Waals surface area contributed by atoms with E-state index in [-0.39, 0.29) is 0 Å². The van der Waals surface area contributed by atoms with Crippen LogP contribution in [0.3, 0.4) is 0 Å². The van der Waals surface area contributed by atoms with Crippen LogP contribution in [0.15, 0.2) is 66.2 Å². The zero-order chi connectivity index (χ0) is 16.8. The Balaban J connectivity index is 0.000000815. The molecule has 4 rings (SSSR count). The maximum absolute atomic E-state index is 2.94. The van der Waals surface area contributed by atoms with Crippen LogP contribution in [0, 0.1) is 0 Å². The monoisotopic (exact) mass is 383 g/mol. The fourth-order valence-corrected chi connectivity index (χ4v) is 4.06. The molecule has 0 radical (unpaired) electrons. The molecule has 1 nitrogen and oxygen atoms in total. The van der Waals surface area contributed by atoms with E-state index >= 15 is 0 Å². The van der Waals surface area contributed by atoms with Gasteiger partial charge in [0.1, 0.15) is 0 Å². The zero-order valence-corrected chi connectivity index (χ0v) is 16.0.